The van der Waals surface area contributed by atoms with E-state index in [-0.39, 0.29) is 4.32 Å². The van der Waals surface area contributed by atoms with Crippen LogP contribution in [0.25, 0.3) is 0 Å². The molecule has 0 saturated heterocycles. The molecule has 0 atom stereocenters. The van der Waals surface area contributed by atoms with Gasteiger partial charge in [0.15, 0.2) is 0 Å². The van der Waals surface area contributed by atoms with Crippen LogP contribution in [0.2, 0.25) is 0 Å². The first-order valence-corrected chi connectivity index (χ1v) is 4.60. The first-order chi connectivity index (χ1) is 5.70. The Bertz CT molecular complexity index is 190. The molecule has 0 aliphatic rings. The van der Waals surface area contributed by atoms with E-state index in [1.165, 1.54) is 6.26 Å². The zero-order valence-electron chi connectivity index (χ0n) is 6.41. The zero-order chi connectivity index (χ0) is 10.7. The number of hydrogen-bond donors (Lipinski definition) is 1. The lowest BCUT2D eigenvalue weighted by Gasteiger charge is -2.19. The third-order valence-electron chi connectivity index (χ3n) is 1.05. The van der Waals surface area contributed by atoms with Gasteiger partial charge in [-0.15, -0.1) is 11.8 Å². The van der Waals surface area contributed by atoms with Crippen molar-refractivity contribution in [2.24, 2.45) is 0 Å². The maximum absolute atomic E-state index is 12.2. The molecular formula is C5H6F5NS2. The van der Waals surface area contributed by atoms with E-state index in [9.17, 15) is 22.0 Å². The van der Waals surface area contributed by atoms with Crippen molar-refractivity contribution in [2.75, 3.05) is 12.8 Å². The number of thiocarbonyl (C=S) groups is 1. The van der Waals surface area contributed by atoms with Crippen LogP contribution in [0.15, 0.2) is 0 Å². The summed E-state index contributed by atoms with van der Waals surface area (Å²) in [4.78, 5) is 0. The molecule has 0 rings (SSSR count). The summed E-state index contributed by atoms with van der Waals surface area (Å²) in [5.41, 5.74) is 0. The normalized spacial score (nSPS) is 12.8. The Morgan fingerprint density at radius 3 is 2.08 bits per heavy atom. The Morgan fingerprint density at radius 1 is 1.31 bits per heavy atom. The molecule has 1 nitrogen and oxygen atoms in total. The van der Waals surface area contributed by atoms with Gasteiger partial charge in [0.2, 0.25) is 0 Å². The van der Waals surface area contributed by atoms with Crippen molar-refractivity contribution in [1.29, 1.82) is 0 Å². The molecule has 0 aromatic rings. The molecule has 8 heteroatoms. The minimum absolute atomic E-state index is 0.0936. The second kappa shape index (κ2) is 4.41. The third kappa shape index (κ3) is 4.08. The summed E-state index contributed by atoms with van der Waals surface area (Å²) in [7, 11) is 0. The van der Waals surface area contributed by atoms with Crippen molar-refractivity contribution in [3.05, 3.63) is 0 Å². The Morgan fingerprint density at radius 2 is 1.77 bits per heavy atom. The van der Waals surface area contributed by atoms with Gasteiger partial charge in [-0.1, -0.05) is 12.2 Å². The summed E-state index contributed by atoms with van der Waals surface area (Å²) < 4.78 is 58.9. The van der Waals surface area contributed by atoms with E-state index in [2.05, 4.69) is 12.2 Å². The summed E-state index contributed by atoms with van der Waals surface area (Å²) >= 11 is 5.29. The highest BCUT2D eigenvalue weighted by Gasteiger charge is 2.57. The highest BCUT2D eigenvalue weighted by atomic mass is 32.2. The van der Waals surface area contributed by atoms with Gasteiger partial charge in [0, 0.05) is 0 Å². The second-order valence-corrected chi connectivity index (χ2v) is 3.53. The molecule has 0 aromatic heterocycles. The van der Waals surface area contributed by atoms with Crippen molar-refractivity contribution >= 4 is 28.3 Å². The highest BCUT2D eigenvalue weighted by molar-refractivity contribution is 8.22. The van der Waals surface area contributed by atoms with Gasteiger partial charge in [0.1, 0.15) is 4.32 Å². The van der Waals surface area contributed by atoms with Crippen molar-refractivity contribution in [1.82, 2.24) is 5.32 Å². The largest absolute Gasteiger partial charge is 0.455 e. The van der Waals surface area contributed by atoms with E-state index in [0.29, 0.717) is 0 Å². The van der Waals surface area contributed by atoms with Crippen LogP contribution in [-0.2, 0) is 0 Å². The van der Waals surface area contributed by atoms with Crippen LogP contribution in [0.1, 0.15) is 0 Å². The molecule has 13 heavy (non-hydrogen) atoms. The Kier molecular flexibility index (Phi) is 4.37. The maximum Gasteiger partial charge on any atom is 0.455 e. The van der Waals surface area contributed by atoms with Crippen molar-refractivity contribution in [3.8, 4) is 0 Å². The molecule has 78 valence electrons. The van der Waals surface area contributed by atoms with Gasteiger partial charge in [0.05, 0.1) is 6.54 Å². The topological polar surface area (TPSA) is 12.0 Å². The third-order valence-corrected chi connectivity index (χ3v) is 2.21. The number of nitrogens with one attached hydrogen (secondary N) is 1. The summed E-state index contributed by atoms with van der Waals surface area (Å²) in [6.07, 6.45) is -4.06. The van der Waals surface area contributed by atoms with Gasteiger partial charge in [-0.25, -0.2) is 0 Å². The van der Waals surface area contributed by atoms with Crippen molar-refractivity contribution in [2.45, 2.75) is 12.1 Å². The molecule has 0 saturated carbocycles. The Labute approximate surface area is 81.1 Å². The lowest BCUT2D eigenvalue weighted by atomic mass is 10.3. The quantitative estimate of drug-likeness (QED) is 0.587. The molecule has 0 spiro atoms. The Hall–Kier alpha value is -0.110. The highest BCUT2D eigenvalue weighted by Crippen LogP contribution is 2.34. The van der Waals surface area contributed by atoms with Crippen LogP contribution in [0.4, 0.5) is 22.0 Å². The monoisotopic (exact) mass is 239 g/mol. The van der Waals surface area contributed by atoms with Crippen LogP contribution in [-0.4, -0.2) is 29.2 Å². The molecule has 0 radical (unpaired) electrons. The Balaban J connectivity index is 4.12. The fraction of sp³-hybridized carbons (Fsp3) is 0.800. The average Bonchev–Trinajstić information content (AvgIpc) is 1.98. The summed E-state index contributed by atoms with van der Waals surface area (Å²) in [5, 5.41) is 1.80. The van der Waals surface area contributed by atoms with Crippen LogP contribution >= 0.6 is 24.0 Å². The van der Waals surface area contributed by atoms with E-state index in [0.717, 1.165) is 11.8 Å². The lowest BCUT2D eigenvalue weighted by molar-refractivity contribution is -0.278. The molecule has 0 bridgehead atoms. The fourth-order valence-corrected chi connectivity index (χ4v) is 0.644. The van der Waals surface area contributed by atoms with Gasteiger partial charge in [0.25, 0.3) is 0 Å². The van der Waals surface area contributed by atoms with Crippen LogP contribution in [0.5, 0.6) is 0 Å². The van der Waals surface area contributed by atoms with Gasteiger partial charge < -0.3 is 5.32 Å². The number of halogens is 5. The van der Waals surface area contributed by atoms with Gasteiger partial charge in [-0.2, -0.15) is 22.0 Å². The molecule has 0 heterocycles. The predicted molar refractivity (Wildman–Crippen MR) is 45.1 cm³/mol. The van der Waals surface area contributed by atoms with E-state index in [4.69, 9.17) is 0 Å². The van der Waals surface area contributed by atoms with E-state index >= 15 is 0 Å². The van der Waals surface area contributed by atoms with Crippen LogP contribution in [0, 0.1) is 0 Å². The first kappa shape index (κ1) is 12.9. The molecule has 0 unspecified atom stereocenters. The van der Waals surface area contributed by atoms with Crippen molar-refractivity contribution in [3.63, 3.8) is 0 Å². The van der Waals surface area contributed by atoms with E-state index in [1.807, 2.05) is 0 Å². The van der Waals surface area contributed by atoms with Crippen LogP contribution < -0.4 is 5.32 Å². The zero-order valence-corrected chi connectivity index (χ0v) is 8.05. The molecule has 0 aliphatic heterocycles. The summed E-state index contributed by atoms with van der Waals surface area (Å²) in [6.45, 7) is -1.52. The predicted octanol–water partition coefficient (Wildman–Crippen LogP) is 2.42. The SMILES string of the molecule is CSC(=S)NCC(F)(F)C(F)(F)F. The van der Waals surface area contributed by atoms with Gasteiger partial charge >= 0.3 is 12.1 Å². The number of rotatable bonds is 2. The molecule has 0 fully saturated rings. The average molecular weight is 239 g/mol. The number of alkyl halides is 5. The maximum atomic E-state index is 12.2. The number of hydrogen-bond acceptors (Lipinski definition) is 2. The molecule has 1 N–H and O–H groups in total. The summed E-state index contributed by atoms with van der Waals surface area (Å²) in [5.74, 6) is -4.74. The van der Waals surface area contributed by atoms with Gasteiger partial charge in [-0.05, 0) is 6.26 Å². The minimum atomic E-state index is -5.53. The van der Waals surface area contributed by atoms with Crippen LogP contribution in [0.3, 0.4) is 0 Å². The standard InChI is InChI=1S/C5H6F5NS2/c1-13-3(12)11-2-4(6,7)5(8,9)10/h2H2,1H3,(H,11,12). The van der Waals surface area contributed by atoms with Gasteiger partial charge in [-0.3, -0.25) is 0 Å². The van der Waals surface area contributed by atoms with Crippen molar-refractivity contribution < 1.29 is 22.0 Å². The molecule has 0 amide bonds. The summed E-state index contributed by atoms with van der Waals surface area (Å²) in [6, 6.07) is 0. The minimum Gasteiger partial charge on any atom is -0.365 e. The fourth-order valence-electron chi connectivity index (χ4n) is 0.356. The van der Waals surface area contributed by atoms with E-state index in [1.54, 1.807) is 5.32 Å². The van der Waals surface area contributed by atoms with E-state index < -0.39 is 18.6 Å². The first-order valence-electron chi connectivity index (χ1n) is 2.97. The second-order valence-electron chi connectivity index (χ2n) is 2.05. The smallest absolute Gasteiger partial charge is 0.365 e. The lowest BCUT2D eigenvalue weighted by Crippen LogP contribution is -2.45. The molecule has 0 aliphatic carbocycles. The molecular weight excluding hydrogens is 233 g/mol. The molecule has 0 aromatic carbocycles. The number of thioether (sulfide) groups is 1.